The number of aromatic nitrogens is 1. The van der Waals surface area contributed by atoms with E-state index >= 15 is 0 Å². The first-order valence-corrected chi connectivity index (χ1v) is 7.73. The highest BCUT2D eigenvalue weighted by Crippen LogP contribution is 2.30. The third kappa shape index (κ3) is 4.22. The lowest BCUT2D eigenvalue weighted by molar-refractivity contribution is 0.0742. The lowest BCUT2D eigenvalue weighted by Gasteiger charge is -2.21. The third-order valence-electron chi connectivity index (χ3n) is 3.51. The summed E-state index contributed by atoms with van der Waals surface area (Å²) in [6.07, 6.45) is 6.30. The molecule has 4 nitrogen and oxygen atoms in total. The number of amides is 1. The highest BCUT2D eigenvalue weighted by atomic mass is 16.2. The summed E-state index contributed by atoms with van der Waals surface area (Å²) in [5, 5.41) is 3.30. The molecule has 0 spiro atoms. The van der Waals surface area contributed by atoms with Crippen LogP contribution < -0.4 is 5.32 Å². The predicted octanol–water partition coefficient (Wildman–Crippen LogP) is 3.17. The van der Waals surface area contributed by atoms with Crippen LogP contribution >= 0.6 is 0 Å². The predicted molar refractivity (Wildman–Crippen MR) is 81.9 cm³/mol. The Balaban J connectivity index is 2.04. The van der Waals surface area contributed by atoms with Gasteiger partial charge in [0.2, 0.25) is 0 Å². The first-order valence-electron chi connectivity index (χ1n) is 7.73. The molecule has 1 aromatic rings. The molecular formula is C16H25N3O. The normalized spacial score (nSPS) is 14.1. The monoisotopic (exact) mass is 275 g/mol. The van der Waals surface area contributed by atoms with Crippen molar-refractivity contribution in [2.45, 2.75) is 39.5 Å². The smallest absolute Gasteiger partial charge is 0.272 e. The van der Waals surface area contributed by atoms with Crippen LogP contribution in [0, 0.1) is 5.92 Å². The van der Waals surface area contributed by atoms with Gasteiger partial charge in [-0.3, -0.25) is 9.78 Å². The van der Waals surface area contributed by atoms with Crippen LogP contribution in [0.5, 0.6) is 0 Å². The summed E-state index contributed by atoms with van der Waals surface area (Å²) in [7, 11) is 0. The van der Waals surface area contributed by atoms with Crippen molar-refractivity contribution in [2.24, 2.45) is 5.92 Å². The molecule has 0 atom stereocenters. The van der Waals surface area contributed by atoms with E-state index in [0.717, 1.165) is 38.2 Å². The second kappa shape index (κ2) is 7.27. The van der Waals surface area contributed by atoms with E-state index in [-0.39, 0.29) is 5.91 Å². The van der Waals surface area contributed by atoms with Crippen molar-refractivity contribution in [3.63, 3.8) is 0 Å². The molecule has 1 aromatic heterocycles. The molecule has 0 radical (unpaired) electrons. The number of pyridine rings is 1. The standard InChI is InChI=1S/C16H25N3O/c1-3-8-17-14-7-9-18-15(11-14)16(20)19(10-4-2)12-13-5-6-13/h7,9,11,13H,3-6,8,10,12H2,1-2H3,(H,17,18). The summed E-state index contributed by atoms with van der Waals surface area (Å²) in [6, 6.07) is 3.78. The molecule has 1 N–H and O–H groups in total. The van der Waals surface area contributed by atoms with Crippen molar-refractivity contribution in [2.75, 3.05) is 25.0 Å². The molecule has 4 heteroatoms. The first-order chi connectivity index (χ1) is 9.74. The van der Waals surface area contributed by atoms with Gasteiger partial charge in [0.15, 0.2) is 0 Å². The maximum absolute atomic E-state index is 12.6. The second-order valence-electron chi connectivity index (χ2n) is 5.55. The fourth-order valence-electron chi connectivity index (χ4n) is 2.25. The Bertz CT molecular complexity index is 443. The number of hydrogen-bond donors (Lipinski definition) is 1. The molecule has 2 rings (SSSR count). The average molecular weight is 275 g/mol. The van der Waals surface area contributed by atoms with Crippen molar-refractivity contribution in [1.29, 1.82) is 0 Å². The Morgan fingerprint density at radius 3 is 2.85 bits per heavy atom. The lowest BCUT2D eigenvalue weighted by atomic mass is 10.2. The van der Waals surface area contributed by atoms with Crippen LogP contribution in [0.15, 0.2) is 18.3 Å². The molecule has 1 amide bonds. The van der Waals surface area contributed by atoms with Gasteiger partial charge in [-0.2, -0.15) is 0 Å². The van der Waals surface area contributed by atoms with E-state index in [4.69, 9.17) is 0 Å². The number of nitrogens with one attached hydrogen (secondary N) is 1. The van der Waals surface area contributed by atoms with E-state index in [1.807, 2.05) is 17.0 Å². The summed E-state index contributed by atoms with van der Waals surface area (Å²) in [5.41, 5.74) is 1.54. The maximum Gasteiger partial charge on any atom is 0.272 e. The number of carbonyl (C=O) groups is 1. The number of rotatable bonds is 8. The molecule has 1 aliphatic carbocycles. The molecule has 0 aromatic carbocycles. The van der Waals surface area contributed by atoms with Crippen LogP contribution in [-0.2, 0) is 0 Å². The molecule has 1 aliphatic rings. The van der Waals surface area contributed by atoms with Gasteiger partial charge in [-0.15, -0.1) is 0 Å². The summed E-state index contributed by atoms with van der Waals surface area (Å²) >= 11 is 0. The molecule has 0 bridgehead atoms. The highest BCUT2D eigenvalue weighted by Gasteiger charge is 2.27. The fraction of sp³-hybridized carbons (Fsp3) is 0.625. The van der Waals surface area contributed by atoms with Gasteiger partial charge in [-0.05, 0) is 43.7 Å². The SMILES string of the molecule is CCCNc1ccnc(C(=O)N(CCC)CC2CC2)c1. The van der Waals surface area contributed by atoms with Gasteiger partial charge < -0.3 is 10.2 Å². The summed E-state index contributed by atoms with van der Waals surface area (Å²) in [5.74, 6) is 0.783. The van der Waals surface area contributed by atoms with E-state index < -0.39 is 0 Å². The molecular weight excluding hydrogens is 250 g/mol. The Hall–Kier alpha value is -1.58. The van der Waals surface area contributed by atoms with E-state index in [9.17, 15) is 4.79 Å². The number of anilines is 1. The Kier molecular flexibility index (Phi) is 5.39. The molecule has 110 valence electrons. The average Bonchev–Trinajstić information content (AvgIpc) is 3.28. The molecule has 20 heavy (non-hydrogen) atoms. The van der Waals surface area contributed by atoms with Gasteiger partial charge in [0.05, 0.1) is 0 Å². The maximum atomic E-state index is 12.6. The zero-order chi connectivity index (χ0) is 14.4. The van der Waals surface area contributed by atoms with Crippen LogP contribution in [0.2, 0.25) is 0 Å². The van der Waals surface area contributed by atoms with Crippen molar-refractivity contribution in [3.05, 3.63) is 24.0 Å². The van der Waals surface area contributed by atoms with Gasteiger partial charge >= 0.3 is 0 Å². The van der Waals surface area contributed by atoms with Gasteiger partial charge in [0.25, 0.3) is 5.91 Å². The fourth-order valence-corrected chi connectivity index (χ4v) is 2.25. The minimum atomic E-state index is 0.0684. The van der Waals surface area contributed by atoms with Gasteiger partial charge in [-0.1, -0.05) is 13.8 Å². The summed E-state index contributed by atoms with van der Waals surface area (Å²) in [6.45, 7) is 6.86. The molecule has 0 saturated heterocycles. The summed E-state index contributed by atoms with van der Waals surface area (Å²) < 4.78 is 0. The highest BCUT2D eigenvalue weighted by molar-refractivity contribution is 5.93. The lowest BCUT2D eigenvalue weighted by Crippen LogP contribution is -2.34. The first kappa shape index (κ1) is 14.8. The molecule has 0 unspecified atom stereocenters. The van der Waals surface area contributed by atoms with Gasteiger partial charge in [0, 0.05) is 31.5 Å². The Morgan fingerprint density at radius 1 is 1.40 bits per heavy atom. The number of nitrogens with zero attached hydrogens (tertiary/aromatic N) is 2. The molecule has 1 heterocycles. The summed E-state index contributed by atoms with van der Waals surface area (Å²) in [4.78, 5) is 18.8. The van der Waals surface area contributed by atoms with E-state index in [2.05, 4.69) is 24.1 Å². The Labute approximate surface area is 121 Å². The van der Waals surface area contributed by atoms with Crippen molar-refractivity contribution in [1.82, 2.24) is 9.88 Å². The van der Waals surface area contributed by atoms with Crippen molar-refractivity contribution < 1.29 is 4.79 Å². The topological polar surface area (TPSA) is 45.2 Å². The zero-order valence-corrected chi connectivity index (χ0v) is 12.6. The van der Waals surface area contributed by atoms with Crippen LogP contribution in [0.25, 0.3) is 0 Å². The van der Waals surface area contributed by atoms with Crippen molar-refractivity contribution in [3.8, 4) is 0 Å². The van der Waals surface area contributed by atoms with Crippen LogP contribution in [0.4, 0.5) is 5.69 Å². The molecule has 1 saturated carbocycles. The third-order valence-corrected chi connectivity index (χ3v) is 3.51. The zero-order valence-electron chi connectivity index (χ0n) is 12.6. The number of carbonyl (C=O) groups excluding carboxylic acids is 1. The quantitative estimate of drug-likeness (QED) is 0.792. The van der Waals surface area contributed by atoms with Crippen LogP contribution in [-0.4, -0.2) is 35.4 Å². The largest absolute Gasteiger partial charge is 0.385 e. The molecule has 1 fully saturated rings. The second-order valence-corrected chi connectivity index (χ2v) is 5.55. The van der Waals surface area contributed by atoms with Crippen LogP contribution in [0.1, 0.15) is 50.0 Å². The van der Waals surface area contributed by atoms with E-state index in [0.29, 0.717) is 11.6 Å². The van der Waals surface area contributed by atoms with Gasteiger partial charge in [0.1, 0.15) is 5.69 Å². The molecule has 0 aliphatic heterocycles. The minimum Gasteiger partial charge on any atom is -0.385 e. The van der Waals surface area contributed by atoms with E-state index in [1.54, 1.807) is 6.20 Å². The van der Waals surface area contributed by atoms with E-state index in [1.165, 1.54) is 12.8 Å². The van der Waals surface area contributed by atoms with Gasteiger partial charge in [-0.25, -0.2) is 0 Å². The Morgan fingerprint density at radius 2 is 2.20 bits per heavy atom. The van der Waals surface area contributed by atoms with Crippen molar-refractivity contribution >= 4 is 11.6 Å². The minimum absolute atomic E-state index is 0.0684. The van der Waals surface area contributed by atoms with Crippen LogP contribution in [0.3, 0.4) is 0 Å². The number of hydrogen-bond acceptors (Lipinski definition) is 3.